The average Bonchev–Trinajstić information content (AvgIpc) is 3.65. The number of ether oxygens (including phenoxy) is 1. The number of anilines is 1. The number of furan rings is 2. The summed E-state index contributed by atoms with van der Waals surface area (Å²) in [5, 5.41) is 2.50. The Hall–Kier alpha value is -5.30. The Morgan fingerprint density at radius 3 is 2.05 bits per heavy atom. The second-order valence-electron chi connectivity index (χ2n) is 8.39. The number of hydrogen-bond acceptors (Lipinski definition) is 10. The van der Waals surface area contributed by atoms with E-state index in [0.29, 0.717) is 33.9 Å². The van der Waals surface area contributed by atoms with E-state index in [1.165, 1.54) is 48.9 Å². The first-order valence-electron chi connectivity index (χ1n) is 11.7. The van der Waals surface area contributed by atoms with E-state index in [1.54, 1.807) is 30.3 Å². The van der Waals surface area contributed by atoms with Crippen molar-refractivity contribution in [1.29, 1.82) is 0 Å². The molecule has 0 spiro atoms. The molecule has 3 aromatic heterocycles. The van der Waals surface area contributed by atoms with Gasteiger partial charge in [-0.1, -0.05) is 0 Å². The van der Waals surface area contributed by atoms with Crippen LogP contribution in [0.15, 0.2) is 93.0 Å². The third kappa shape index (κ3) is 5.73. The van der Waals surface area contributed by atoms with Gasteiger partial charge >= 0.3 is 5.97 Å². The zero-order valence-electron chi connectivity index (χ0n) is 20.8. The maximum Gasteiger partial charge on any atom is 0.338 e. The molecular formula is C27H20N4O8S. The lowest BCUT2D eigenvalue weighted by molar-refractivity contribution is -0.119. The molecule has 0 aliphatic rings. The minimum absolute atomic E-state index is 0.151. The lowest BCUT2D eigenvalue weighted by atomic mass is 10.1. The van der Waals surface area contributed by atoms with Gasteiger partial charge in [0.15, 0.2) is 18.1 Å². The van der Waals surface area contributed by atoms with Gasteiger partial charge in [-0.05, 0) is 66.7 Å². The third-order valence-corrected chi connectivity index (χ3v) is 6.92. The molecule has 0 atom stereocenters. The van der Waals surface area contributed by atoms with Crippen molar-refractivity contribution in [2.24, 2.45) is 0 Å². The molecular weight excluding hydrogens is 540 g/mol. The highest BCUT2D eigenvalue weighted by atomic mass is 32.2. The molecule has 13 heteroatoms. The summed E-state index contributed by atoms with van der Waals surface area (Å²) in [5.41, 5.74) is 2.21. The molecule has 5 aromatic rings. The molecule has 0 bridgehead atoms. The Morgan fingerprint density at radius 1 is 0.850 bits per heavy atom. The number of hydrogen-bond donors (Lipinski definition) is 2. The van der Waals surface area contributed by atoms with Gasteiger partial charge in [-0.15, -0.1) is 0 Å². The number of carbonyl (C=O) groups is 3. The molecule has 0 saturated heterocycles. The molecule has 0 radical (unpaired) electrons. The topological polar surface area (TPSA) is 171 Å². The molecule has 202 valence electrons. The lowest BCUT2D eigenvalue weighted by Crippen LogP contribution is -2.28. The van der Waals surface area contributed by atoms with Crippen molar-refractivity contribution in [3.63, 3.8) is 0 Å². The predicted octanol–water partition coefficient (Wildman–Crippen LogP) is 3.77. The molecule has 0 unspecified atom stereocenters. The minimum Gasteiger partial charge on any atom is -0.463 e. The largest absolute Gasteiger partial charge is 0.463 e. The van der Waals surface area contributed by atoms with E-state index in [1.807, 2.05) is 4.72 Å². The number of benzene rings is 2. The van der Waals surface area contributed by atoms with Gasteiger partial charge in [0.05, 0.1) is 34.0 Å². The number of amides is 2. The van der Waals surface area contributed by atoms with Gasteiger partial charge in [-0.2, -0.15) is 0 Å². The minimum atomic E-state index is -4.00. The second-order valence-corrected chi connectivity index (χ2v) is 10.1. The van der Waals surface area contributed by atoms with E-state index in [9.17, 15) is 22.8 Å². The molecule has 0 saturated carbocycles. The Balaban J connectivity index is 1.27. The third-order valence-electron chi connectivity index (χ3n) is 5.47. The number of aromatic nitrogens is 2. The van der Waals surface area contributed by atoms with Crippen molar-refractivity contribution in [3.8, 4) is 22.9 Å². The summed E-state index contributed by atoms with van der Waals surface area (Å²) in [5.74, 6) is -1.17. The zero-order chi connectivity index (χ0) is 28.3. The predicted molar refractivity (Wildman–Crippen MR) is 141 cm³/mol. The molecule has 0 aliphatic carbocycles. The molecule has 40 heavy (non-hydrogen) atoms. The highest BCUT2D eigenvalue weighted by Crippen LogP contribution is 2.31. The van der Waals surface area contributed by atoms with Crippen LogP contribution in [0.25, 0.3) is 33.9 Å². The van der Waals surface area contributed by atoms with Crippen LogP contribution in [0.2, 0.25) is 0 Å². The first-order chi connectivity index (χ1) is 19.2. The van der Waals surface area contributed by atoms with E-state index in [0.717, 1.165) is 6.92 Å². The van der Waals surface area contributed by atoms with Crippen molar-refractivity contribution < 1.29 is 36.4 Å². The number of fused-ring (bicyclic) bond motifs is 1. The molecule has 2 N–H and O–H groups in total. The number of nitrogens with zero attached hydrogens (tertiary/aromatic N) is 2. The van der Waals surface area contributed by atoms with Gasteiger partial charge < -0.3 is 18.9 Å². The summed E-state index contributed by atoms with van der Waals surface area (Å²) >= 11 is 0. The lowest BCUT2D eigenvalue weighted by Gasteiger charge is -2.09. The normalized spacial score (nSPS) is 11.2. The number of sulfonamides is 1. The Bertz CT molecular complexity index is 1810. The summed E-state index contributed by atoms with van der Waals surface area (Å²) in [4.78, 5) is 45.2. The summed E-state index contributed by atoms with van der Waals surface area (Å²) in [6, 6.07) is 16.6. The summed E-state index contributed by atoms with van der Waals surface area (Å²) in [6.07, 6.45) is 3.03. The smallest absolute Gasteiger partial charge is 0.338 e. The molecule has 0 aliphatic heterocycles. The van der Waals surface area contributed by atoms with Gasteiger partial charge in [0.2, 0.25) is 5.91 Å². The van der Waals surface area contributed by atoms with Crippen LogP contribution in [0.5, 0.6) is 0 Å². The number of carbonyl (C=O) groups excluding carboxylic acids is 3. The van der Waals surface area contributed by atoms with Crippen LogP contribution >= 0.6 is 0 Å². The number of nitrogens with one attached hydrogen (secondary N) is 2. The van der Waals surface area contributed by atoms with Crippen molar-refractivity contribution >= 4 is 44.5 Å². The van der Waals surface area contributed by atoms with Gasteiger partial charge in [0, 0.05) is 12.6 Å². The van der Waals surface area contributed by atoms with Crippen LogP contribution in [-0.4, -0.2) is 42.8 Å². The van der Waals surface area contributed by atoms with Crippen LogP contribution < -0.4 is 10.0 Å². The Kier molecular flexibility index (Phi) is 7.12. The van der Waals surface area contributed by atoms with Gasteiger partial charge in [0.1, 0.15) is 11.4 Å². The first-order valence-corrected chi connectivity index (χ1v) is 13.2. The van der Waals surface area contributed by atoms with Crippen molar-refractivity contribution in [2.45, 2.75) is 11.8 Å². The molecule has 0 fully saturated rings. The molecule has 2 aromatic carbocycles. The highest BCUT2D eigenvalue weighted by molar-refractivity contribution is 7.90. The van der Waals surface area contributed by atoms with E-state index in [-0.39, 0.29) is 16.1 Å². The van der Waals surface area contributed by atoms with E-state index in [4.69, 9.17) is 13.6 Å². The van der Waals surface area contributed by atoms with E-state index < -0.39 is 34.4 Å². The van der Waals surface area contributed by atoms with Crippen LogP contribution in [0.4, 0.5) is 5.69 Å². The fourth-order valence-corrected chi connectivity index (χ4v) is 4.72. The molecule has 2 amide bonds. The SMILES string of the molecule is CC(=O)NS(=O)(=O)c1ccc(NC(=O)COC(=O)c2ccc3nc(-c4ccco4)c(-c4ccco4)nc3c2)cc1. The molecule has 12 nitrogen and oxygen atoms in total. The van der Waals surface area contributed by atoms with E-state index in [2.05, 4.69) is 15.3 Å². The van der Waals surface area contributed by atoms with Gasteiger partial charge in [0.25, 0.3) is 15.9 Å². The van der Waals surface area contributed by atoms with Crippen LogP contribution in [-0.2, 0) is 24.3 Å². The fourth-order valence-electron chi connectivity index (χ4n) is 3.73. The van der Waals surface area contributed by atoms with Crippen molar-refractivity contribution in [3.05, 3.63) is 84.8 Å². The zero-order valence-corrected chi connectivity index (χ0v) is 21.6. The Morgan fingerprint density at radius 2 is 1.48 bits per heavy atom. The second kappa shape index (κ2) is 10.8. The molecule has 3 heterocycles. The van der Waals surface area contributed by atoms with E-state index >= 15 is 0 Å². The Labute approximate surface area is 227 Å². The monoisotopic (exact) mass is 560 g/mol. The maximum atomic E-state index is 12.7. The van der Waals surface area contributed by atoms with Crippen LogP contribution in [0, 0.1) is 0 Å². The maximum absolute atomic E-state index is 12.7. The number of esters is 1. The standard InChI is InChI=1S/C27H20N4O8S/c1-16(32)31-40(35,36)19-9-7-18(8-10-19)28-24(33)15-39-27(34)17-6-11-20-21(14-17)30-26(23-5-3-13-38-23)25(29-20)22-4-2-12-37-22/h2-14H,15H2,1H3,(H,28,33)(H,31,32). The summed E-state index contributed by atoms with van der Waals surface area (Å²) < 4.78 is 42.0. The summed E-state index contributed by atoms with van der Waals surface area (Å²) in [6.45, 7) is 0.485. The average molecular weight is 561 g/mol. The van der Waals surface area contributed by atoms with Gasteiger partial charge in [-0.3, -0.25) is 9.59 Å². The quantitative estimate of drug-likeness (QED) is 0.266. The summed E-state index contributed by atoms with van der Waals surface area (Å²) in [7, 11) is -4.00. The highest BCUT2D eigenvalue weighted by Gasteiger charge is 2.19. The van der Waals surface area contributed by atoms with Crippen LogP contribution in [0.1, 0.15) is 17.3 Å². The number of rotatable bonds is 8. The van der Waals surface area contributed by atoms with Crippen LogP contribution in [0.3, 0.4) is 0 Å². The van der Waals surface area contributed by atoms with Crippen molar-refractivity contribution in [2.75, 3.05) is 11.9 Å². The first kappa shape index (κ1) is 26.3. The molecule has 5 rings (SSSR count). The fraction of sp³-hybridized carbons (Fsp3) is 0.0741. The van der Waals surface area contributed by atoms with Gasteiger partial charge in [-0.25, -0.2) is 27.9 Å². The van der Waals surface area contributed by atoms with Crippen molar-refractivity contribution in [1.82, 2.24) is 14.7 Å².